The summed E-state index contributed by atoms with van der Waals surface area (Å²) in [6.07, 6.45) is -3.07. The molecule has 0 aliphatic heterocycles. The first-order valence-electron chi connectivity index (χ1n) is 24.1. The van der Waals surface area contributed by atoms with Crippen LogP contribution in [0.25, 0.3) is 0 Å². The Kier molecular flexibility index (Phi) is 27.0. The van der Waals surface area contributed by atoms with E-state index in [1.807, 2.05) is 0 Å². The number of rotatable bonds is 33. The number of carboxylic acids is 3. The number of hydrogen-bond donors (Lipinski definition) is 13. The molecule has 0 saturated heterocycles. The van der Waals surface area contributed by atoms with E-state index in [-0.39, 0.29) is 61.7 Å². The molecule has 72 heavy (non-hydrogen) atoms. The van der Waals surface area contributed by atoms with Crippen molar-refractivity contribution in [2.24, 2.45) is 33.7 Å². The van der Waals surface area contributed by atoms with Crippen LogP contribution in [-0.4, -0.2) is 140 Å². The number of ketones is 1. The molecule has 0 bridgehead atoms. The van der Waals surface area contributed by atoms with Gasteiger partial charge in [0.05, 0.1) is 12.1 Å². The molecule has 0 radical (unpaired) electrons. The largest absolute Gasteiger partial charge is 0.508 e. The number of guanidine groups is 1. The zero-order valence-electron chi connectivity index (χ0n) is 42.8. The first kappa shape index (κ1) is 63.2. The molecule has 0 saturated carbocycles. The summed E-state index contributed by atoms with van der Waals surface area (Å²) in [5, 5.41) is 56.7. The lowest BCUT2D eigenvalue weighted by Crippen LogP contribution is -2.61. The minimum Gasteiger partial charge on any atom is -0.508 e. The number of nitrogens with two attached hydrogens (primary N) is 2. The van der Waals surface area contributed by atoms with E-state index in [0.29, 0.717) is 5.56 Å². The second kappa shape index (κ2) is 30.8. The fourth-order valence-electron chi connectivity index (χ4n) is 7.17. The van der Waals surface area contributed by atoms with Crippen LogP contribution in [0.4, 0.5) is 0 Å². The Hall–Kier alpha value is -6.85. The van der Waals surface area contributed by atoms with Crippen LogP contribution < -0.4 is 48.7 Å². The van der Waals surface area contributed by atoms with Crippen molar-refractivity contribution in [1.82, 2.24) is 37.2 Å². The summed E-state index contributed by atoms with van der Waals surface area (Å²) in [7, 11) is 0. The molecule has 0 aromatic heterocycles. The molecule has 1 aromatic rings. The van der Waals surface area contributed by atoms with Crippen molar-refractivity contribution in [2.45, 2.75) is 175 Å². The third-order valence-corrected chi connectivity index (χ3v) is 11.4. The third kappa shape index (κ3) is 23.8. The molecule has 0 aliphatic rings. The molecular weight excluding hydrogens is 941 g/mol. The Morgan fingerprint density at radius 2 is 0.958 bits per heavy atom. The first-order valence-corrected chi connectivity index (χ1v) is 24.1. The SMILES string of the molecule is CCC(C)C(NC(=O)C(CCC(=O)O)NC(=O)C(CCC(=O)O)NC(=O)C(CCC(=O)O)NC(=O)C(Cc1ccc(O)cc1)NC(C)C)C(=O)NC(CCCN=C(N)N)C(=O)NC(C(=O)C(C)(C)C)C(C)C. The van der Waals surface area contributed by atoms with Crippen LogP contribution in [0.2, 0.25) is 0 Å². The molecule has 24 nitrogen and oxygen atoms in total. The summed E-state index contributed by atoms with van der Waals surface area (Å²) < 4.78 is 0. The number of carboxylic acid groups (broad SMARTS) is 3. The van der Waals surface area contributed by atoms with Gasteiger partial charge in [-0.15, -0.1) is 0 Å². The fraction of sp³-hybridized carbons (Fsp3) is 0.646. The van der Waals surface area contributed by atoms with Crippen molar-refractivity contribution < 1.29 is 68.4 Å². The topological polar surface area (TPSA) is 400 Å². The number of aliphatic carboxylic acids is 3. The maximum atomic E-state index is 14.2. The maximum Gasteiger partial charge on any atom is 0.303 e. The number of phenols is 1. The number of amides is 6. The second-order valence-electron chi connectivity index (χ2n) is 19.5. The van der Waals surface area contributed by atoms with Crippen molar-refractivity contribution in [1.29, 1.82) is 0 Å². The highest BCUT2D eigenvalue weighted by Gasteiger charge is 2.38. The summed E-state index contributed by atoms with van der Waals surface area (Å²) >= 11 is 0. The van der Waals surface area contributed by atoms with Crippen LogP contribution in [0.3, 0.4) is 0 Å². The highest BCUT2D eigenvalue weighted by Crippen LogP contribution is 2.21. The summed E-state index contributed by atoms with van der Waals surface area (Å²) in [6, 6.07) is -3.86. The molecule has 0 fully saturated rings. The molecule has 404 valence electrons. The summed E-state index contributed by atoms with van der Waals surface area (Å²) in [5.74, 6) is -11.1. The van der Waals surface area contributed by atoms with E-state index in [2.05, 4.69) is 42.2 Å². The first-order chi connectivity index (χ1) is 33.5. The van der Waals surface area contributed by atoms with Gasteiger partial charge in [-0.3, -0.25) is 52.9 Å². The normalized spacial score (nSPS) is 14.7. The zero-order chi connectivity index (χ0) is 55.0. The molecule has 0 aliphatic carbocycles. The lowest BCUT2D eigenvalue weighted by Gasteiger charge is -2.31. The average molecular weight is 1020 g/mol. The lowest BCUT2D eigenvalue weighted by atomic mass is 9.82. The van der Waals surface area contributed by atoms with Gasteiger partial charge in [-0.25, -0.2) is 0 Å². The van der Waals surface area contributed by atoms with Gasteiger partial charge in [0.25, 0.3) is 0 Å². The lowest BCUT2D eigenvalue weighted by molar-refractivity contribution is -0.140. The molecule has 1 aromatic carbocycles. The van der Waals surface area contributed by atoms with E-state index < -0.39 is 146 Å². The molecule has 0 spiro atoms. The van der Waals surface area contributed by atoms with Gasteiger partial charge >= 0.3 is 17.9 Å². The van der Waals surface area contributed by atoms with Crippen LogP contribution >= 0.6 is 0 Å². The molecular formula is C48H78N10O14. The van der Waals surface area contributed by atoms with E-state index in [1.54, 1.807) is 74.4 Å². The number of nitrogens with zero attached hydrogens (tertiary/aromatic N) is 1. The van der Waals surface area contributed by atoms with Gasteiger partial charge in [-0.1, -0.05) is 80.9 Å². The monoisotopic (exact) mass is 1020 g/mol. The summed E-state index contributed by atoms with van der Waals surface area (Å²) in [4.78, 5) is 136. The van der Waals surface area contributed by atoms with E-state index in [4.69, 9.17) is 11.5 Å². The highest BCUT2D eigenvalue weighted by atomic mass is 16.4. The second-order valence-corrected chi connectivity index (χ2v) is 19.5. The Morgan fingerprint density at radius 3 is 1.33 bits per heavy atom. The number of aromatic hydroxyl groups is 1. The third-order valence-electron chi connectivity index (χ3n) is 11.4. The predicted octanol–water partition coefficient (Wildman–Crippen LogP) is 0.175. The Labute approximate surface area is 420 Å². The molecule has 8 atom stereocenters. The average Bonchev–Trinajstić information content (AvgIpc) is 3.28. The number of nitrogens with one attached hydrogen (secondary N) is 7. The van der Waals surface area contributed by atoms with Gasteiger partial charge in [-0.05, 0) is 68.1 Å². The van der Waals surface area contributed by atoms with Crippen LogP contribution in [-0.2, 0) is 54.4 Å². The van der Waals surface area contributed by atoms with Crippen molar-refractivity contribution >= 4 is 65.1 Å². The van der Waals surface area contributed by atoms with Crippen LogP contribution in [0.15, 0.2) is 29.3 Å². The standard InChI is InChI=1S/C48H78N10O14/c1-10-27(6)39(46(72)56-30(12-11-23-51-47(49)50)43(69)57-38(25(2)3)40(66)48(7,8)9)58-44(70)33(19-22-37(64)65)54-41(67)31(17-20-35(60)61)53-42(68)32(18-21-36(62)63)55-45(71)34(52-26(4)5)24-28-13-15-29(59)16-14-28/h13-16,25-27,30-34,38-39,52,59H,10-12,17-24H2,1-9H3,(H,53,68)(H,54,67)(H,55,71)(H,56,72)(H,57,69)(H,58,70)(H,60,61)(H,62,63)(H,64,65)(H4,49,50,51). The van der Waals surface area contributed by atoms with Gasteiger partial charge in [-0.2, -0.15) is 0 Å². The molecule has 0 heterocycles. The van der Waals surface area contributed by atoms with Crippen LogP contribution in [0.5, 0.6) is 5.75 Å². The van der Waals surface area contributed by atoms with Crippen LogP contribution in [0.1, 0.15) is 126 Å². The van der Waals surface area contributed by atoms with Gasteiger partial charge in [0, 0.05) is 37.3 Å². The Morgan fingerprint density at radius 1 is 0.569 bits per heavy atom. The smallest absolute Gasteiger partial charge is 0.303 e. The Balaban J connectivity index is 3.58. The van der Waals surface area contributed by atoms with Gasteiger partial charge < -0.3 is 69.1 Å². The number of phenolic OH excluding ortho intramolecular Hbond substituents is 1. The van der Waals surface area contributed by atoms with Gasteiger partial charge in [0.1, 0.15) is 36.0 Å². The maximum absolute atomic E-state index is 14.2. The number of hydrogen-bond acceptors (Lipinski definition) is 13. The fourth-order valence-corrected chi connectivity index (χ4v) is 7.17. The van der Waals surface area contributed by atoms with Crippen molar-refractivity contribution in [3.63, 3.8) is 0 Å². The van der Waals surface area contributed by atoms with Crippen molar-refractivity contribution in [2.75, 3.05) is 6.54 Å². The minimum atomic E-state index is -1.74. The number of benzene rings is 1. The number of carbonyl (C=O) groups excluding carboxylic acids is 7. The minimum absolute atomic E-state index is 0.0110. The molecule has 8 unspecified atom stereocenters. The van der Waals surface area contributed by atoms with Crippen LogP contribution in [0, 0.1) is 17.3 Å². The molecule has 1 rings (SSSR count). The Bertz CT molecular complexity index is 2050. The molecule has 6 amide bonds. The number of carbonyl (C=O) groups is 10. The van der Waals surface area contributed by atoms with E-state index >= 15 is 0 Å². The highest BCUT2D eigenvalue weighted by molar-refractivity contribution is 5.98. The quantitative estimate of drug-likeness (QED) is 0.0254. The van der Waals surface area contributed by atoms with E-state index in [9.17, 15) is 68.4 Å². The zero-order valence-corrected chi connectivity index (χ0v) is 42.8. The van der Waals surface area contributed by atoms with Gasteiger partial charge in [0.15, 0.2) is 11.7 Å². The van der Waals surface area contributed by atoms with Crippen molar-refractivity contribution in [3.8, 4) is 5.75 Å². The molecule has 15 N–H and O–H groups in total. The van der Waals surface area contributed by atoms with E-state index in [1.165, 1.54) is 12.1 Å². The number of Topliss-reactive ketones (excluding diaryl/α,β-unsaturated/α-hetero) is 1. The number of aliphatic imine (C=N–C) groups is 1. The summed E-state index contributed by atoms with van der Waals surface area (Å²) in [5.41, 5.74) is 10.7. The molecule has 24 heteroatoms. The predicted molar refractivity (Wildman–Crippen MR) is 265 cm³/mol. The van der Waals surface area contributed by atoms with E-state index in [0.717, 1.165) is 0 Å². The van der Waals surface area contributed by atoms with Gasteiger partial charge in [0.2, 0.25) is 35.4 Å². The van der Waals surface area contributed by atoms with Crippen molar-refractivity contribution in [3.05, 3.63) is 29.8 Å². The summed E-state index contributed by atoms with van der Waals surface area (Å²) in [6.45, 7) is 15.6.